The predicted molar refractivity (Wildman–Crippen MR) is 66.7 cm³/mol. The molecule has 1 fully saturated rings. The molecule has 0 radical (unpaired) electrons. The Balaban J connectivity index is 2.31. The largest absolute Gasteiger partial charge is 0.373 e. The SMILES string of the molecule is CC1COC(CCl)CN1c1nccn(C)c1=O. The van der Waals surface area contributed by atoms with Crippen LogP contribution in [0.2, 0.25) is 0 Å². The van der Waals surface area contributed by atoms with Crippen LogP contribution in [-0.2, 0) is 11.8 Å². The topological polar surface area (TPSA) is 47.4 Å². The second-order valence-electron chi connectivity index (χ2n) is 4.28. The lowest BCUT2D eigenvalue weighted by molar-refractivity contribution is 0.0360. The molecule has 0 spiro atoms. The highest BCUT2D eigenvalue weighted by Gasteiger charge is 2.28. The lowest BCUT2D eigenvalue weighted by atomic mass is 10.2. The molecule has 5 nitrogen and oxygen atoms in total. The normalized spacial score (nSPS) is 25.0. The zero-order chi connectivity index (χ0) is 12.4. The molecule has 94 valence electrons. The monoisotopic (exact) mass is 257 g/mol. The van der Waals surface area contributed by atoms with Gasteiger partial charge in [-0.25, -0.2) is 4.98 Å². The van der Waals surface area contributed by atoms with Gasteiger partial charge in [-0.3, -0.25) is 4.79 Å². The standard InChI is InChI=1S/C11H16ClN3O2/c1-8-7-17-9(5-12)6-15(8)10-11(16)14(2)4-3-13-10/h3-4,8-9H,5-7H2,1-2H3. The fraction of sp³-hybridized carbons (Fsp3) is 0.636. The Morgan fingerprint density at radius 1 is 1.65 bits per heavy atom. The molecule has 17 heavy (non-hydrogen) atoms. The summed E-state index contributed by atoms with van der Waals surface area (Å²) in [5, 5.41) is 0. The van der Waals surface area contributed by atoms with Crippen LogP contribution in [-0.4, -0.2) is 40.7 Å². The van der Waals surface area contributed by atoms with Crippen molar-refractivity contribution in [2.24, 2.45) is 7.05 Å². The Kier molecular flexibility index (Phi) is 3.69. The number of aromatic nitrogens is 2. The van der Waals surface area contributed by atoms with Crippen LogP contribution in [0, 0.1) is 0 Å². The maximum Gasteiger partial charge on any atom is 0.293 e. The molecule has 0 aromatic carbocycles. The number of hydrogen-bond acceptors (Lipinski definition) is 4. The molecule has 2 atom stereocenters. The second-order valence-corrected chi connectivity index (χ2v) is 4.59. The number of rotatable bonds is 2. The first-order valence-corrected chi connectivity index (χ1v) is 6.12. The van der Waals surface area contributed by atoms with E-state index >= 15 is 0 Å². The van der Waals surface area contributed by atoms with Gasteiger partial charge in [0.15, 0.2) is 5.82 Å². The molecule has 0 amide bonds. The maximum atomic E-state index is 12.0. The third kappa shape index (κ3) is 2.45. The smallest absolute Gasteiger partial charge is 0.293 e. The van der Waals surface area contributed by atoms with E-state index in [1.54, 1.807) is 19.4 Å². The molecule has 6 heteroatoms. The van der Waals surface area contributed by atoms with E-state index < -0.39 is 0 Å². The molecule has 0 N–H and O–H groups in total. The molecule has 2 unspecified atom stereocenters. The molecule has 1 aromatic heterocycles. The summed E-state index contributed by atoms with van der Waals surface area (Å²) < 4.78 is 7.08. The summed E-state index contributed by atoms with van der Waals surface area (Å²) in [5.74, 6) is 0.900. The van der Waals surface area contributed by atoms with Gasteiger partial charge in [0.1, 0.15) is 0 Å². The van der Waals surface area contributed by atoms with Gasteiger partial charge in [-0.2, -0.15) is 0 Å². The van der Waals surface area contributed by atoms with Gasteiger partial charge < -0.3 is 14.2 Å². The van der Waals surface area contributed by atoms with Crippen molar-refractivity contribution in [3.8, 4) is 0 Å². The van der Waals surface area contributed by atoms with E-state index in [1.807, 2.05) is 11.8 Å². The van der Waals surface area contributed by atoms with Crippen molar-refractivity contribution in [1.82, 2.24) is 9.55 Å². The average Bonchev–Trinajstić information content (AvgIpc) is 2.34. The van der Waals surface area contributed by atoms with Crippen LogP contribution in [0.25, 0.3) is 0 Å². The molecule has 0 aliphatic carbocycles. The molecule has 1 aliphatic rings. The summed E-state index contributed by atoms with van der Waals surface area (Å²) in [6.07, 6.45) is 3.24. The Morgan fingerprint density at radius 2 is 2.41 bits per heavy atom. The molecule has 1 saturated heterocycles. The van der Waals surface area contributed by atoms with E-state index in [9.17, 15) is 4.79 Å². The van der Waals surface area contributed by atoms with Gasteiger partial charge in [0.25, 0.3) is 5.56 Å². The van der Waals surface area contributed by atoms with Crippen LogP contribution in [0.5, 0.6) is 0 Å². The molecular formula is C11H16ClN3O2. The number of alkyl halides is 1. The zero-order valence-corrected chi connectivity index (χ0v) is 10.7. The molecule has 1 aromatic rings. The minimum absolute atomic E-state index is 0.0421. The van der Waals surface area contributed by atoms with Crippen LogP contribution in [0.3, 0.4) is 0 Å². The van der Waals surface area contributed by atoms with E-state index in [0.717, 1.165) is 0 Å². The quantitative estimate of drug-likeness (QED) is 0.729. The van der Waals surface area contributed by atoms with Crippen molar-refractivity contribution in [2.45, 2.75) is 19.1 Å². The summed E-state index contributed by atoms with van der Waals surface area (Å²) in [7, 11) is 1.72. The van der Waals surface area contributed by atoms with Gasteiger partial charge in [0.2, 0.25) is 0 Å². The first-order valence-electron chi connectivity index (χ1n) is 5.59. The summed E-state index contributed by atoms with van der Waals surface area (Å²) in [5.41, 5.74) is -0.0884. The second kappa shape index (κ2) is 5.06. The van der Waals surface area contributed by atoms with E-state index in [4.69, 9.17) is 16.3 Å². The van der Waals surface area contributed by atoms with Crippen LogP contribution in [0.4, 0.5) is 5.82 Å². The van der Waals surface area contributed by atoms with Crippen molar-refractivity contribution >= 4 is 17.4 Å². The van der Waals surface area contributed by atoms with E-state index in [2.05, 4.69) is 4.98 Å². The Morgan fingerprint density at radius 3 is 3.12 bits per heavy atom. The highest BCUT2D eigenvalue weighted by molar-refractivity contribution is 6.18. The van der Waals surface area contributed by atoms with E-state index in [-0.39, 0.29) is 17.7 Å². The highest BCUT2D eigenvalue weighted by atomic mass is 35.5. The Bertz CT molecular complexity index is 449. The first-order chi connectivity index (χ1) is 8.13. The maximum absolute atomic E-state index is 12.0. The summed E-state index contributed by atoms with van der Waals surface area (Å²) >= 11 is 5.80. The van der Waals surface area contributed by atoms with Gasteiger partial charge in [0.05, 0.1) is 24.6 Å². The molecule has 2 heterocycles. The lowest BCUT2D eigenvalue weighted by Gasteiger charge is -2.37. The predicted octanol–water partition coefficient (Wildman–Crippen LogP) is 0.613. The van der Waals surface area contributed by atoms with Crippen LogP contribution in [0.1, 0.15) is 6.92 Å². The average molecular weight is 258 g/mol. The number of anilines is 1. The van der Waals surface area contributed by atoms with Gasteiger partial charge >= 0.3 is 0 Å². The minimum atomic E-state index is -0.0884. The van der Waals surface area contributed by atoms with Gasteiger partial charge in [-0.05, 0) is 6.92 Å². The summed E-state index contributed by atoms with van der Waals surface area (Å²) in [6.45, 7) is 3.19. The summed E-state index contributed by atoms with van der Waals surface area (Å²) in [6, 6.07) is 0.136. The Labute approximate surface area is 105 Å². The number of nitrogens with zero attached hydrogens (tertiary/aromatic N) is 3. The first kappa shape index (κ1) is 12.4. The number of aryl methyl sites for hydroxylation is 1. The van der Waals surface area contributed by atoms with Crippen molar-refractivity contribution < 1.29 is 4.74 Å². The van der Waals surface area contributed by atoms with Crippen LogP contribution in [0.15, 0.2) is 17.2 Å². The van der Waals surface area contributed by atoms with Crippen LogP contribution >= 0.6 is 11.6 Å². The fourth-order valence-electron chi connectivity index (χ4n) is 1.89. The number of morpholine rings is 1. The Hall–Kier alpha value is -1.07. The zero-order valence-electron chi connectivity index (χ0n) is 9.97. The number of hydrogen-bond donors (Lipinski definition) is 0. The van der Waals surface area contributed by atoms with E-state index in [1.165, 1.54) is 4.57 Å². The van der Waals surface area contributed by atoms with E-state index in [0.29, 0.717) is 24.8 Å². The van der Waals surface area contributed by atoms with Gasteiger partial charge in [-0.15, -0.1) is 11.6 Å². The fourth-order valence-corrected chi connectivity index (χ4v) is 2.07. The third-order valence-electron chi connectivity index (χ3n) is 2.95. The van der Waals surface area contributed by atoms with Crippen molar-refractivity contribution in [3.63, 3.8) is 0 Å². The van der Waals surface area contributed by atoms with Gasteiger partial charge in [-0.1, -0.05) is 0 Å². The van der Waals surface area contributed by atoms with Crippen molar-refractivity contribution in [2.75, 3.05) is 23.9 Å². The minimum Gasteiger partial charge on any atom is -0.373 e. The third-order valence-corrected chi connectivity index (χ3v) is 3.29. The summed E-state index contributed by atoms with van der Waals surface area (Å²) in [4.78, 5) is 18.1. The molecular weight excluding hydrogens is 242 g/mol. The number of ether oxygens (including phenoxy) is 1. The van der Waals surface area contributed by atoms with Gasteiger partial charge in [0, 0.05) is 26.0 Å². The highest BCUT2D eigenvalue weighted by Crippen LogP contribution is 2.16. The molecule has 0 saturated carbocycles. The molecule has 2 rings (SSSR count). The molecule has 1 aliphatic heterocycles. The van der Waals surface area contributed by atoms with Crippen LogP contribution < -0.4 is 10.5 Å². The lowest BCUT2D eigenvalue weighted by Crippen LogP contribution is -2.51. The van der Waals surface area contributed by atoms with Crippen molar-refractivity contribution in [3.05, 3.63) is 22.7 Å². The number of halogens is 1. The van der Waals surface area contributed by atoms with Crippen molar-refractivity contribution in [1.29, 1.82) is 0 Å². The molecule has 0 bridgehead atoms.